The van der Waals surface area contributed by atoms with E-state index < -0.39 is 0 Å². The van der Waals surface area contributed by atoms with Crippen molar-refractivity contribution in [1.82, 2.24) is 5.32 Å². The van der Waals surface area contributed by atoms with Crippen LogP contribution in [-0.2, 0) is 0 Å². The molecule has 1 nitrogen and oxygen atoms in total. The second-order valence-corrected chi connectivity index (χ2v) is 3.22. The Morgan fingerprint density at radius 3 is 2.45 bits per heavy atom. The minimum atomic E-state index is 0.655. The molecule has 0 aliphatic rings. The number of rotatable bonds is 5. The molecule has 0 amide bonds. The van der Waals surface area contributed by atoms with Gasteiger partial charge in [-0.3, -0.25) is 0 Å². The van der Waals surface area contributed by atoms with Crippen LogP contribution in [0.15, 0.2) is 12.2 Å². The number of nitrogens with one attached hydrogen (secondary N) is 1. The van der Waals surface area contributed by atoms with Gasteiger partial charge in [0, 0.05) is 12.6 Å². The van der Waals surface area contributed by atoms with Gasteiger partial charge in [0.25, 0.3) is 0 Å². The van der Waals surface area contributed by atoms with Crippen molar-refractivity contribution in [1.29, 1.82) is 0 Å². The zero-order chi connectivity index (χ0) is 8.69. The van der Waals surface area contributed by atoms with Gasteiger partial charge in [-0.25, -0.2) is 0 Å². The normalized spacial score (nSPS) is 17.1. The Labute approximate surface area is 70.9 Å². The summed E-state index contributed by atoms with van der Waals surface area (Å²) in [4.78, 5) is 0. The Bertz CT molecular complexity index is 107. The first-order valence-corrected chi connectivity index (χ1v) is 4.56. The van der Waals surface area contributed by atoms with E-state index in [1.54, 1.807) is 0 Å². The Hall–Kier alpha value is -0.300. The maximum Gasteiger partial charge on any atom is 0.00363 e. The summed E-state index contributed by atoms with van der Waals surface area (Å²) >= 11 is 0. The third kappa shape index (κ3) is 6.11. The van der Waals surface area contributed by atoms with Crippen molar-refractivity contribution in [3.05, 3.63) is 12.2 Å². The molecule has 1 N–H and O–H groups in total. The van der Waals surface area contributed by atoms with Crippen molar-refractivity contribution < 1.29 is 0 Å². The molecule has 0 aromatic heterocycles. The second-order valence-electron chi connectivity index (χ2n) is 3.22. The Balaban J connectivity index is 3.37. The zero-order valence-corrected chi connectivity index (χ0v) is 8.22. The maximum atomic E-state index is 3.47. The highest BCUT2D eigenvalue weighted by Gasteiger charge is 1.99. The quantitative estimate of drug-likeness (QED) is 0.602. The van der Waals surface area contributed by atoms with Crippen LogP contribution in [-0.4, -0.2) is 12.6 Å². The molecule has 2 atom stereocenters. The molecule has 0 aliphatic heterocycles. The van der Waals surface area contributed by atoms with Gasteiger partial charge >= 0.3 is 0 Å². The first kappa shape index (κ1) is 10.7. The molecule has 2 unspecified atom stereocenters. The predicted molar refractivity (Wildman–Crippen MR) is 51.7 cm³/mol. The molecule has 0 bridgehead atoms. The first-order chi connectivity index (χ1) is 5.20. The summed E-state index contributed by atoms with van der Waals surface area (Å²) in [5.41, 5.74) is 0. The predicted octanol–water partition coefficient (Wildman–Crippen LogP) is 2.59. The van der Waals surface area contributed by atoms with E-state index in [1.807, 2.05) is 0 Å². The van der Waals surface area contributed by atoms with Crippen molar-refractivity contribution in [2.45, 2.75) is 40.2 Å². The molecule has 0 aromatic carbocycles. The van der Waals surface area contributed by atoms with Gasteiger partial charge in [0.15, 0.2) is 0 Å². The molecular formula is C10H21N. The molecule has 0 saturated carbocycles. The zero-order valence-electron chi connectivity index (χ0n) is 8.22. The highest BCUT2D eigenvalue weighted by Crippen LogP contribution is 1.96. The van der Waals surface area contributed by atoms with Crippen molar-refractivity contribution in [3.8, 4) is 0 Å². The summed E-state index contributed by atoms with van der Waals surface area (Å²) in [5, 5.41) is 3.47. The minimum absolute atomic E-state index is 0.655. The monoisotopic (exact) mass is 155 g/mol. The lowest BCUT2D eigenvalue weighted by Crippen LogP contribution is -2.29. The van der Waals surface area contributed by atoms with Gasteiger partial charge in [-0.2, -0.15) is 0 Å². The van der Waals surface area contributed by atoms with Crippen molar-refractivity contribution in [3.63, 3.8) is 0 Å². The number of allylic oxidation sites excluding steroid dienone is 1. The van der Waals surface area contributed by atoms with Crippen LogP contribution in [0.2, 0.25) is 0 Å². The molecule has 0 rings (SSSR count). The fourth-order valence-electron chi connectivity index (χ4n) is 0.928. The van der Waals surface area contributed by atoms with Crippen LogP contribution < -0.4 is 5.32 Å². The summed E-state index contributed by atoms with van der Waals surface area (Å²) in [6, 6.07) is 0.655. The van der Waals surface area contributed by atoms with Gasteiger partial charge in [-0.05, 0) is 26.2 Å². The van der Waals surface area contributed by atoms with Crippen molar-refractivity contribution >= 4 is 0 Å². The number of hydrogen-bond donors (Lipinski definition) is 1. The van der Waals surface area contributed by atoms with E-state index in [1.165, 1.54) is 6.42 Å². The molecule has 0 aliphatic carbocycles. The van der Waals surface area contributed by atoms with Crippen LogP contribution in [0.4, 0.5) is 0 Å². The highest BCUT2D eigenvalue weighted by molar-refractivity contribution is 4.84. The third-order valence-corrected chi connectivity index (χ3v) is 1.92. The summed E-state index contributed by atoms with van der Waals surface area (Å²) < 4.78 is 0. The van der Waals surface area contributed by atoms with Crippen molar-refractivity contribution in [2.24, 2.45) is 5.92 Å². The summed E-state index contributed by atoms with van der Waals surface area (Å²) in [7, 11) is 0. The molecule has 11 heavy (non-hydrogen) atoms. The molecule has 0 fully saturated rings. The van der Waals surface area contributed by atoms with Crippen LogP contribution in [0, 0.1) is 5.92 Å². The molecular weight excluding hydrogens is 134 g/mol. The van der Waals surface area contributed by atoms with Gasteiger partial charge in [0.05, 0.1) is 0 Å². The minimum Gasteiger partial charge on any atom is -0.314 e. The number of hydrogen-bond acceptors (Lipinski definition) is 1. The smallest absolute Gasteiger partial charge is 0.00363 e. The van der Waals surface area contributed by atoms with Crippen LogP contribution in [0.1, 0.15) is 34.1 Å². The fourth-order valence-corrected chi connectivity index (χ4v) is 0.928. The van der Waals surface area contributed by atoms with Crippen molar-refractivity contribution in [2.75, 3.05) is 6.54 Å². The van der Waals surface area contributed by atoms with E-state index >= 15 is 0 Å². The SMILES string of the molecule is C/C=C\C(C)CNC(C)CC. The third-order valence-electron chi connectivity index (χ3n) is 1.92. The molecule has 0 heterocycles. The van der Waals surface area contributed by atoms with Gasteiger partial charge < -0.3 is 5.32 Å². The lowest BCUT2D eigenvalue weighted by molar-refractivity contribution is 0.496. The Morgan fingerprint density at radius 1 is 1.36 bits per heavy atom. The summed E-state index contributed by atoms with van der Waals surface area (Å²) in [6.07, 6.45) is 5.56. The van der Waals surface area contributed by atoms with E-state index in [2.05, 4.69) is 45.2 Å². The van der Waals surface area contributed by atoms with E-state index in [9.17, 15) is 0 Å². The molecule has 0 aromatic rings. The van der Waals surface area contributed by atoms with E-state index in [4.69, 9.17) is 0 Å². The summed E-state index contributed by atoms with van der Waals surface area (Å²) in [5.74, 6) is 0.661. The first-order valence-electron chi connectivity index (χ1n) is 4.56. The summed E-state index contributed by atoms with van der Waals surface area (Å²) in [6.45, 7) is 9.83. The topological polar surface area (TPSA) is 12.0 Å². The average molecular weight is 155 g/mol. The highest BCUT2D eigenvalue weighted by atomic mass is 14.9. The second kappa shape index (κ2) is 6.41. The molecule has 0 spiro atoms. The van der Waals surface area contributed by atoms with E-state index in [0.717, 1.165) is 6.54 Å². The van der Waals surface area contributed by atoms with E-state index in [-0.39, 0.29) is 0 Å². The molecule has 66 valence electrons. The average Bonchev–Trinajstić information content (AvgIpc) is 2.01. The van der Waals surface area contributed by atoms with Crippen LogP contribution in [0.5, 0.6) is 0 Å². The van der Waals surface area contributed by atoms with Crippen LogP contribution in [0.25, 0.3) is 0 Å². The van der Waals surface area contributed by atoms with Gasteiger partial charge in [-0.15, -0.1) is 0 Å². The largest absolute Gasteiger partial charge is 0.314 e. The molecule has 0 radical (unpaired) electrons. The Morgan fingerprint density at radius 2 is 2.00 bits per heavy atom. The standard InChI is InChI=1S/C10H21N/c1-5-7-9(3)8-11-10(4)6-2/h5,7,9-11H,6,8H2,1-4H3/b7-5-. The van der Waals surface area contributed by atoms with Crippen LogP contribution >= 0.6 is 0 Å². The van der Waals surface area contributed by atoms with Crippen LogP contribution in [0.3, 0.4) is 0 Å². The Kier molecular flexibility index (Phi) is 6.24. The van der Waals surface area contributed by atoms with Gasteiger partial charge in [0.1, 0.15) is 0 Å². The van der Waals surface area contributed by atoms with Gasteiger partial charge in [0.2, 0.25) is 0 Å². The van der Waals surface area contributed by atoms with Gasteiger partial charge in [-0.1, -0.05) is 26.0 Å². The fraction of sp³-hybridized carbons (Fsp3) is 0.800. The van der Waals surface area contributed by atoms with E-state index in [0.29, 0.717) is 12.0 Å². The lowest BCUT2D eigenvalue weighted by atomic mass is 10.1. The molecule has 0 saturated heterocycles. The maximum absolute atomic E-state index is 3.47. The lowest BCUT2D eigenvalue weighted by Gasteiger charge is -2.13. The molecule has 1 heteroatoms.